The molecule has 2 aliphatic heterocycles. The minimum atomic E-state index is -0.722. The van der Waals surface area contributed by atoms with Gasteiger partial charge in [0.05, 0.1) is 10.9 Å². The average molecular weight is 298 g/mol. The van der Waals surface area contributed by atoms with Crippen LogP contribution in [0.5, 0.6) is 11.5 Å². The van der Waals surface area contributed by atoms with Gasteiger partial charge in [-0.05, 0) is 23.6 Å². The number of halogens is 1. The highest BCUT2D eigenvalue weighted by molar-refractivity contribution is 6.32. The van der Waals surface area contributed by atoms with E-state index in [9.17, 15) is 4.79 Å². The molecule has 20 heavy (non-hydrogen) atoms. The van der Waals surface area contributed by atoms with Crippen LogP contribution in [0.4, 0.5) is 0 Å². The number of likely N-dealkylation sites (tertiary alicyclic amines) is 1. The second-order valence-electron chi connectivity index (χ2n) is 5.39. The minimum Gasteiger partial charge on any atom is -0.481 e. The van der Waals surface area contributed by atoms with Crippen molar-refractivity contribution in [3.8, 4) is 11.5 Å². The molecule has 3 rings (SSSR count). The third-order valence-corrected chi connectivity index (χ3v) is 4.26. The Morgan fingerprint density at radius 1 is 1.50 bits per heavy atom. The second-order valence-corrected chi connectivity index (χ2v) is 5.80. The molecule has 0 amide bonds. The van der Waals surface area contributed by atoms with Crippen molar-refractivity contribution in [3.05, 3.63) is 22.7 Å². The van der Waals surface area contributed by atoms with Gasteiger partial charge in [0.15, 0.2) is 11.5 Å². The molecule has 0 aliphatic carbocycles. The summed E-state index contributed by atoms with van der Waals surface area (Å²) in [5.74, 6) is 0.518. The van der Waals surface area contributed by atoms with Gasteiger partial charge in [0.25, 0.3) is 0 Å². The quantitative estimate of drug-likeness (QED) is 0.923. The monoisotopic (exact) mass is 297 g/mol. The van der Waals surface area contributed by atoms with Gasteiger partial charge >= 0.3 is 5.97 Å². The van der Waals surface area contributed by atoms with Gasteiger partial charge in [-0.2, -0.15) is 0 Å². The Kier molecular flexibility index (Phi) is 3.48. The van der Waals surface area contributed by atoms with Crippen molar-refractivity contribution in [1.29, 1.82) is 0 Å². The summed E-state index contributed by atoms with van der Waals surface area (Å²) in [5.41, 5.74) is 1.06. The number of aliphatic carboxylic acids is 1. The van der Waals surface area contributed by atoms with E-state index in [1.54, 1.807) is 6.92 Å². The lowest BCUT2D eigenvalue weighted by Crippen LogP contribution is -2.50. The van der Waals surface area contributed by atoms with Crippen molar-refractivity contribution < 1.29 is 19.4 Å². The summed E-state index contributed by atoms with van der Waals surface area (Å²) in [7, 11) is 0. The van der Waals surface area contributed by atoms with Crippen LogP contribution in [0.15, 0.2) is 12.1 Å². The highest BCUT2D eigenvalue weighted by Crippen LogP contribution is 2.40. The maximum Gasteiger partial charge on any atom is 0.306 e. The van der Waals surface area contributed by atoms with E-state index in [4.69, 9.17) is 26.2 Å². The standard InChI is InChI=1S/C14H16ClNO4/c1-8(14(17)18)10-5-16(6-10)4-9-2-11(15)13-12(3-9)19-7-20-13/h2-3,8,10H,4-7H2,1H3,(H,17,18). The van der Waals surface area contributed by atoms with Gasteiger partial charge in [0, 0.05) is 19.6 Å². The molecule has 2 aliphatic rings. The van der Waals surface area contributed by atoms with Crippen LogP contribution in [-0.4, -0.2) is 35.9 Å². The molecular formula is C14H16ClNO4. The van der Waals surface area contributed by atoms with Crippen LogP contribution in [0.25, 0.3) is 0 Å². The van der Waals surface area contributed by atoms with Gasteiger partial charge in [-0.3, -0.25) is 9.69 Å². The van der Waals surface area contributed by atoms with E-state index in [2.05, 4.69) is 4.90 Å². The number of hydrogen-bond acceptors (Lipinski definition) is 4. The van der Waals surface area contributed by atoms with E-state index in [0.717, 1.165) is 25.2 Å². The highest BCUT2D eigenvalue weighted by Gasteiger charge is 2.34. The molecule has 0 aromatic heterocycles. The molecular weight excluding hydrogens is 282 g/mol. The largest absolute Gasteiger partial charge is 0.481 e. The van der Waals surface area contributed by atoms with E-state index < -0.39 is 5.97 Å². The van der Waals surface area contributed by atoms with E-state index >= 15 is 0 Å². The van der Waals surface area contributed by atoms with Crippen LogP contribution < -0.4 is 9.47 Å². The smallest absolute Gasteiger partial charge is 0.306 e. The molecule has 1 N–H and O–H groups in total. The Hall–Kier alpha value is -1.46. The van der Waals surface area contributed by atoms with Crippen molar-refractivity contribution in [2.75, 3.05) is 19.9 Å². The Morgan fingerprint density at radius 3 is 2.95 bits per heavy atom. The Balaban J connectivity index is 1.61. The zero-order chi connectivity index (χ0) is 14.3. The van der Waals surface area contributed by atoms with Crippen LogP contribution in [0.2, 0.25) is 5.02 Å². The number of benzene rings is 1. The normalized spacial score (nSPS) is 19.7. The summed E-state index contributed by atoms with van der Waals surface area (Å²) >= 11 is 6.14. The molecule has 0 spiro atoms. The fourth-order valence-electron chi connectivity index (χ4n) is 2.63. The number of fused-ring (bicyclic) bond motifs is 1. The number of carbonyl (C=O) groups is 1. The van der Waals surface area contributed by atoms with Gasteiger partial charge in [0.1, 0.15) is 0 Å². The summed E-state index contributed by atoms with van der Waals surface area (Å²) < 4.78 is 10.6. The number of ether oxygens (including phenoxy) is 2. The van der Waals surface area contributed by atoms with Crippen LogP contribution in [0.1, 0.15) is 12.5 Å². The molecule has 1 aromatic rings. The van der Waals surface area contributed by atoms with E-state index in [-0.39, 0.29) is 18.6 Å². The fraction of sp³-hybridized carbons (Fsp3) is 0.500. The van der Waals surface area contributed by atoms with Crippen LogP contribution >= 0.6 is 11.6 Å². The highest BCUT2D eigenvalue weighted by atomic mass is 35.5. The zero-order valence-electron chi connectivity index (χ0n) is 11.1. The van der Waals surface area contributed by atoms with Crippen molar-refractivity contribution in [3.63, 3.8) is 0 Å². The number of carboxylic acid groups (broad SMARTS) is 1. The lowest BCUT2D eigenvalue weighted by atomic mass is 9.87. The van der Waals surface area contributed by atoms with E-state index in [1.165, 1.54) is 0 Å². The summed E-state index contributed by atoms with van der Waals surface area (Å²) in [6.07, 6.45) is 0. The lowest BCUT2D eigenvalue weighted by Gasteiger charge is -2.41. The number of carboxylic acids is 1. The third kappa shape index (κ3) is 2.43. The van der Waals surface area contributed by atoms with E-state index in [1.807, 2.05) is 12.1 Å². The predicted octanol–water partition coefficient (Wildman–Crippen LogP) is 2.22. The van der Waals surface area contributed by atoms with Crippen molar-refractivity contribution in [2.45, 2.75) is 13.5 Å². The molecule has 0 bridgehead atoms. The Morgan fingerprint density at radius 2 is 2.25 bits per heavy atom. The fourth-order valence-corrected chi connectivity index (χ4v) is 2.91. The molecule has 1 aromatic carbocycles. The van der Waals surface area contributed by atoms with Gasteiger partial charge in [-0.1, -0.05) is 18.5 Å². The Labute approximate surface area is 122 Å². The Bertz CT molecular complexity index is 542. The van der Waals surface area contributed by atoms with Crippen LogP contribution in [-0.2, 0) is 11.3 Å². The van der Waals surface area contributed by atoms with Crippen molar-refractivity contribution in [1.82, 2.24) is 4.90 Å². The van der Waals surface area contributed by atoms with Crippen LogP contribution in [0.3, 0.4) is 0 Å². The summed E-state index contributed by atoms with van der Waals surface area (Å²) in [6, 6.07) is 3.81. The topological polar surface area (TPSA) is 59.0 Å². The second kappa shape index (κ2) is 5.14. The first-order valence-corrected chi connectivity index (χ1v) is 6.95. The number of nitrogens with zero attached hydrogens (tertiary/aromatic N) is 1. The number of hydrogen-bond donors (Lipinski definition) is 1. The van der Waals surface area contributed by atoms with Gasteiger partial charge in [-0.25, -0.2) is 0 Å². The molecule has 0 saturated carbocycles. The molecule has 2 heterocycles. The molecule has 6 heteroatoms. The molecule has 0 radical (unpaired) electrons. The third-order valence-electron chi connectivity index (χ3n) is 3.98. The van der Waals surface area contributed by atoms with Crippen LogP contribution in [0, 0.1) is 11.8 Å². The van der Waals surface area contributed by atoms with Gasteiger partial charge < -0.3 is 14.6 Å². The first-order valence-electron chi connectivity index (χ1n) is 6.58. The molecule has 1 saturated heterocycles. The zero-order valence-corrected chi connectivity index (χ0v) is 11.9. The molecule has 5 nitrogen and oxygen atoms in total. The minimum absolute atomic E-state index is 0.209. The van der Waals surface area contributed by atoms with Gasteiger partial charge in [-0.15, -0.1) is 0 Å². The van der Waals surface area contributed by atoms with E-state index in [0.29, 0.717) is 16.5 Å². The first kappa shape index (κ1) is 13.5. The number of rotatable bonds is 4. The summed E-state index contributed by atoms with van der Waals surface area (Å²) in [4.78, 5) is 13.1. The lowest BCUT2D eigenvalue weighted by molar-refractivity contribution is -0.145. The molecule has 1 fully saturated rings. The average Bonchev–Trinajstić information content (AvgIpc) is 2.81. The molecule has 108 valence electrons. The maximum absolute atomic E-state index is 10.9. The SMILES string of the molecule is CC(C(=O)O)C1CN(Cc2cc(Cl)c3c(c2)OCO3)C1. The summed E-state index contributed by atoms with van der Waals surface area (Å²) in [6.45, 7) is 4.33. The molecule has 1 atom stereocenters. The summed E-state index contributed by atoms with van der Waals surface area (Å²) in [5, 5.41) is 9.53. The first-order chi connectivity index (χ1) is 9.54. The van der Waals surface area contributed by atoms with Gasteiger partial charge in [0.2, 0.25) is 6.79 Å². The van der Waals surface area contributed by atoms with Crippen molar-refractivity contribution >= 4 is 17.6 Å². The van der Waals surface area contributed by atoms with Crippen molar-refractivity contribution in [2.24, 2.45) is 11.8 Å². The predicted molar refractivity (Wildman–Crippen MR) is 73.1 cm³/mol. The molecule has 1 unspecified atom stereocenters. The maximum atomic E-state index is 10.9.